The Morgan fingerprint density at radius 2 is 1.72 bits per heavy atom. The van der Waals surface area contributed by atoms with E-state index in [0.29, 0.717) is 19.4 Å². The summed E-state index contributed by atoms with van der Waals surface area (Å²) in [6, 6.07) is 13.9. The first-order chi connectivity index (χ1) is 12.1. The summed E-state index contributed by atoms with van der Waals surface area (Å²) in [4.78, 5) is 12.0. The minimum Gasteiger partial charge on any atom is -0.497 e. The Labute approximate surface area is 157 Å². The zero-order valence-corrected chi connectivity index (χ0v) is 16.3. The second-order valence-corrected chi connectivity index (χ2v) is 6.62. The van der Waals surface area contributed by atoms with Crippen molar-refractivity contribution in [2.75, 3.05) is 20.8 Å². The van der Waals surface area contributed by atoms with Crippen LogP contribution in [0.5, 0.6) is 11.5 Å². The van der Waals surface area contributed by atoms with E-state index >= 15 is 0 Å². The van der Waals surface area contributed by atoms with Gasteiger partial charge in [0.25, 0.3) is 0 Å². The average molecular weight is 406 g/mol. The highest BCUT2D eigenvalue weighted by Gasteiger charge is 2.05. The summed E-state index contributed by atoms with van der Waals surface area (Å²) in [6.45, 7) is 0.692. The Hall–Kier alpha value is -2.01. The number of methoxy groups -OCH3 is 2. The van der Waals surface area contributed by atoms with E-state index in [9.17, 15) is 4.79 Å². The number of hydrogen-bond acceptors (Lipinski definition) is 3. The molecule has 0 unspecified atom stereocenters. The van der Waals surface area contributed by atoms with Crippen LogP contribution in [0.15, 0.2) is 46.9 Å². The van der Waals surface area contributed by atoms with E-state index in [0.717, 1.165) is 34.4 Å². The van der Waals surface area contributed by atoms with Gasteiger partial charge in [-0.2, -0.15) is 0 Å². The van der Waals surface area contributed by atoms with Gasteiger partial charge in [0.2, 0.25) is 5.91 Å². The zero-order chi connectivity index (χ0) is 18.1. The molecule has 2 aromatic carbocycles. The molecule has 1 N–H and O–H groups in total. The number of carbonyl (C=O) groups excluding carboxylic acids is 1. The van der Waals surface area contributed by atoms with Gasteiger partial charge in [-0.25, -0.2) is 0 Å². The summed E-state index contributed by atoms with van der Waals surface area (Å²) in [5.74, 6) is 1.75. The lowest BCUT2D eigenvalue weighted by Gasteiger charge is -2.08. The lowest BCUT2D eigenvalue weighted by atomic mass is 10.1. The lowest BCUT2D eigenvalue weighted by Crippen LogP contribution is -2.24. The fraction of sp³-hybridized carbons (Fsp3) is 0.350. The first-order valence-corrected chi connectivity index (χ1v) is 9.13. The molecule has 0 fully saturated rings. The largest absolute Gasteiger partial charge is 0.497 e. The van der Waals surface area contributed by atoms with Gasteiger partial charge in [0.15, 0.2) is 0 Å². The maximum Gasteiger partial charge on any atom is 0.220 e. The lowest BCUT2D eigenvalue weighted by molar-refractivity contribution is -0.121. The van der Waals surface area contributed by atoms with Crippen molar-refractivity contribution in [2.45, 2.75) is 25.7 Å². The second kappa shape index (κ2) is 10.1. The quantitative estimate of drug-likeness (QED) is 0.637. The van der Waals surface area contributed by atoms with Crippen molar-refractivity contribution < 1.29 is 14.3 Å². The molecule has 0 aliphatic carbocycles. The van der Waals surface area contributed by atoms with Crippen molar-refractivity contribution in [3.05, 3.63) is 58.1 Å². The molecule has 0 radical (unpaired) electrons. The van der Waals surface area contributed by atoms with Gasteiger partial charge in [-0.15, -0.1) is 0 Å². The first kappa shape index (κ1) is 19.3. The number of halogens is 1. The van der Waals surface area contributed by atoms with Crippen LogP contribution in [0.1, 0.15) is 24.0 Å². The summed E-state index contributed by atoms with van der Waals surface area (Å²) in [5.41, 5.74) is 2.36. The smallest absolute Gasteiger partial charge is 0.220 e. The van der Waals surface area contributed by atoms with E-state index in [-0.39, 0.29) is 5.91 Å². The third kappa shape index (κ3) is 6.42. The van der Waals surface area contributed by atoms with Crippen LogP contribution in [-0.4, -0.2) is 26.7 Å². The minimum absolute atomic E-state index is 0.0849. The number of aryl methyl sites for hydroxylation is 2. The number of nitrogens with one attached hydrogen (secondary N) is 1. The molecule has 0 saturated carbocycles. The van der Waals surface area contributed by atoms with Crippen molar-refractivity contribution in [1.29, 1.82) is 0 Å². The van der Waals surface area contributed by atoms with Crippen LogP contribution in [-0.2, 0) is 17.6 Å². The summed E-state index contributed by atoms with van der Waals surface area (Å²) >= 11 is 3.46. The predicted molar refractivity (Wildman–Crippen MR) is 103 cm³/mol. The topological polar surface area (TPSA) is 47.6 Å². The predicted octanol–water partition coefficient (Wildman–Crippen LogP) is 4.15. The van der Waals surface area contributed by atoms with Crippen LogP contribution < -0.4 is 14.8 Å². The van der Waals surface area contributed by atoms with E-state index in [1.165, 1.54) is 5.56 Å². The Kier molecular flexibility index (Phi) is 7.79. The Balaban J connectivity index is 1.66. The summed E-state index contributed by atoms with van der Waals surface area (Å²) in [5, 5.41) is 2.98. The molecule has 0 aromatic heterocycles. The molecule has 0 aliphatic rings. The summed E-state index contributed by atoms with van der Waals surface area (Å²) < 4.78 is 11.3. The Bertz CT molecular complexity index is 686. The average Bonchev–Trinajstić information content (AvgIpc) is 2.64. The normalized spacial score (nSPS) is 10.4. The fourth-order valence-corrected chi connectivity index (χ4v) is 3.11. The molecule has 0 saturated heterocycles. The SMILES string of the molecule is COc1ccc(CCCNC(=O)CCc2ccc(OC)c(Br)c2)cc1. The van der Waals surface area contributed by atoms with E-state index in [1.807, 2.05) is 30.3 Å². The highest BCUT2D eigenvalue weighted by molar-refractivity contribution is 9.10. The molecule has 4 nitrogen and oxygen atoms in total. The van der Waals surface area contributed by atoms with Gasteiger partial charge in [-0.05, 0) is 70.6 Å². The second-order valence-electron chi connectivity index (χ2n) is 5.77. The van der Waals surface area contributed by atoms with E-state index in [4.69, 9.17) is 9.47 Å². The van der Waals surface area contributed by atoms with Gasteiger partial charge in [-0.1, -0.05) is 18.2 Å². The molecule has 0 aliphatic heterocycles. The Morgan fingerprint density at radius 1 is 1.00 bits per heavy atom. The van der Waals surface area contributed by atoms with Gasteiger partial charge in [0, 0.05) is 13.0 Å². The van der Waals surface area contributed by atoms with Gasteiger partial charge in [0.1, 0.15) is 11.5 Å². The standard InChI is InChI=1S/C20H24BrNO3/c1-24-17-9-5-15(6-10-17)4-3-13-22-20(23)12-8-16-7-11-19(25-2)18(21)14-16/h5-7,9-11,14H,3-4,8,12-13H2,1-2H3,(H,22,23). The summed E-state index contributed by atoms with van der Waals surface area (Å²) in [6.07, 6.45) is 3.07. The van der Waals surface area contributed by atoms with Gasteiger partial charge < -0.3 is 14.8 Å². The van der Waals surface area contributed by atoms with E-state index in [1.54, 1.807) is 14.2 Å². The zero-order valence-electron chi connectivity index (χ0n) is 14.7. The number of rotatable bonds is 9. The minimum atomic E-state index is 0.0849. The van der Waals surface area contributed by atoms with Gasteiger partial charge in [0.05, 0.1) is 18.7 Å². The number of hydrogen-bond donors (Lipinski definition) is 1. The molecule has 0 spiro atoms. The molecular formula is C20H24BrNO3. The number of carbonyl (C=O) groups is 1. The van der Waals surface area contributed by atoms with Crippen LogP contribution in [0.4, 0.5) is 0 Å². The van der Waals surface area contributed by atoms with Crippen molar-refractivity contribution >= 4 is 21.8 Å². The van der Waals surface area contributed by atoms with Crippen LogP contribution in [0.3, 0.4) is 0 Å². The van der Waals surface area contributed by atoms with Crippen molar-refractivity contribution in [2.24, 2.45) is 0 Å². The van der Waals surface area contributed by atoms with Crippen LogP contribution in [0, 0.1) is 0 Å². The molecule has 0 bridgehead atoms. The van der Waals surface area contributed by atoms with Gasteiger partial charge in [-0.3, -0.25) is 4.79 Å². The van der Waals surface area contributed by atoms with Gasteiger partial charge >= 0.3 is 0 Å². The fourth-order valence-electron chi connectivity index (χ4n) is 2.52. The molecule has 2 rings (SSSR count). The first-order valence-electron chi connectivity index (χ1n) is 8.34. The molecule has 0 heterocycles. The van der Waals surface area contributed by atoms with Crippen molar-refractivity contribution in [1.82, 2.24) is 5.32 Å². The Morgan fingerprint density at radius 3 is 2.36 bits per heavy atom. The molecule has 134 valence electrons. The molecular weight excluding hydrogens is 382 g/mol. The number of amides is 1. The number of ether oxygens (including phenoxy) is 2. The molecule has 0 atom stereocenters. The van der Waals surface area contributed by atoms with Crippen LogP contribution in [0.2, 0.25) is 0 Å². The van der Waals surface area contributed by atoms with E-state index < -0.39 is 0 Å². The highest BCUT2D eigenvalue weighted by atomic mass is 79.9. The third-order valence-electron chi connectivity index (χ3n) is 3.98. The van der Waals surface area contributed by atoms with E-state index in [2.05, 4.69) is 33.4 Å². The number of benzene rings is 2. The highest BCUT2D eigenvalue weighted by Crippen LogP contribution is 2.25. The third-order valence-corrected chi connectivity index (χ3v) is 4.60. The monoisotopic (exact) mass is 405 g/mol. The maximum atomic E-state index is 12.0. The molecule has 25 heavy (non-hydrogen) atoms. The van der Waals surface area contributed by atoms with Crippen molar-refractivity contribution in [3.63, 3.8) is 0 Å². The molecule has 2 aromatic rings. The molecule has 5 heteroatoms. The maximum absolute atomic E-state index is 12.0. The molecule has 1 amide bonds. The summed E-state index contributed by atoms with van der Waals surface area (Å²) in [7, 11) is 3.30. The van der Waals surface area contributed by atoms with Crippen LogP contribution >= 0.6 is 15.9 Å². The van der Waals surface area contributed by atoms with Crippen LogP contribution in [0.25, 0.3) is 0 Å². The van der Waals surface area contributed by atoms with Crippen molar-refractivity contribution in [3.8, 4) is 11.5 Å².